The van der Waals surface area contributed by atoms with Gasteiger partial charge in [-0.1, -0.05) is 61.7 Å². The van der Waals surface area contributed by atoms with Crippen molar-refractivity contribution < 1.29 is 19.1 Å². The van der Waals surface area contributed by atoms with E-state index in [1.165, 1.54) is 4.90 Å². The molecule has 0 aliphatic heterocycles. The number of nitrogens with zero attached hydrogens (tertiary/aromatic N) is 1. The van der Waals surface area contributed by atoms with Crippen LogP contribution >= 0.6 is 11.6 Å². The number of hydrogen-bond acceptors (Lipinski definition) is 4. The number of ether oxygens (including phenoxy) is 1. The maximum Gasteiger partial charge on any atom is 0.408 e. The summed E-state index contributed by atoms with van der Waals surface area (Å²) in [6, 6.07) is 9.79. The standard InChI is InChI=1S/C30H38ClN3O4/c1-10-21-15-11-12-16-22(21)26(27(35)32-25-20(6)14-13-17-23(25)31)34(19(4)5)28(36)24(18(2)3)33-29(37)38-30(7,8)9/h1,11-19,24,26H,2-9H3,(H,32,35)(H,33,37). The van der Waals surface area contributed by atoms with Crippen LogP contribution in [-0.4, -0.2) is 40.5 Å². The van der Waals surface area contributed by atoms with Crippen molar-refractivity contribution in [2.75, 3.05) is 5.32 Å². The Labute approximate surface area is 231 Å². The summed E-state index contributed by atoms with van der Waals surface area (Å²) in [7, 11) is 0. The second kappa shape index (κ2) is 12.8. The van der Waals surface area contributed by atoms with Gasteiger partial charge >= 0.3 is 6.09 Å². The zero-order valence-corrected chi connectivity index (χ0v) is 24.1. The molecule has 2 rings (SSSR count). The van der Waals surface area contributed by atoms with E-state index in [-0.39, 0.29) is 5.92 Å². The number of nitrogens with one attached hydrogen (secondary N) is 2. The molecule has 0 fully saturated rings. The van der Waals surface area contributed by atoms with Crippen LogP contribution in [-0.2, 0) is 14.3 Å². The number of aryl methyl sites for hydroxylation is 1. The first-order chi connectivity index (χ1) is 17.7. The second-order valence-corrected chi connectivity index (χ2v) is 11.2. The molecule has 2 aromatic carbocycles. The summed E-state index contributed by atoms with van der Waals surface area (Å²) in [5.41, 5.74) is 1.44. The van der Waals surface area contributed by atoms with Gasteiger partial charge in [0.2, 0.25) is 5.91 Å². The normalized spacial score (nSPS) is 12.9. The Bertz CT molecular complexity index is 1190. The van der Waals surface area contributed by atoms with E-state index in [0.717, 1.165) is 5.56 Å². The van der Waals surface area contributed by atoms with Crippen LogP contribution in [0, 0.1) is 25.2 Å². The molecule has 2 N–H and O–H groups in total. The number of rotatable bonds is 8. The fourth-order valence-corrected chi connectivity index (χ4v) is 4.32. The van der Waals surface area contributed by atoms with Crippen LogP contribution in [0.25, 0.3) is 0 Å². The van der Waals surface area contributed by atoms with Gasteiger partial charge in [-0.15, -0.1) is 6.42 Å². The van der Waals surface area contributed by atoms with Gasteiger partial charge < -0.3 is 20.3 Å². The predicted octanol–water partition coefficient (Wildman–Crippen LogP) is 6.10. The second-order valence-electron chi connectivity index (χ2n) is 10.8. The topological polar surface area (TPSA) is 87.7 Å². The number of para-hydroxylation sites is 1. The minimum atomic E-state index is -1.10. The van der Waals surface area contributed by atoms with Gasteiger partial charge in [-0.2, -0.15) is 0 Å². The molecular formula is C30H38ClN3O4. The van der Waals surface area contributed by atoms with Crippen molar-refractivity contribution >= 4 is 35.2 Å². The summed E-state index contributed by atoms with van der Waals surface area (Å²) < 4.78 is 5.40. The van der Waals surface area contributed by atoms with Gasteiger partial charge in [0, 0.05) is 11.6 Å². The molecule has 0 spiro atoms. The van der Waals surface area contributed by atoms with E-state index in [4.69, 9.17) is 22.8 Å². The zero-order chi connectivity index (χ0) is 28.8. The quantitative estimate of drug-likeness (QED) is 0.397. The molecule has 0 bridgehead atoms. The van der Waals surface area contributed by atoms with E-state index in [0.29, 0.717) is 21.8 Å². The highest BCUT2D eigenvalue weighted by atomic mass is 35.5. The number of hydrogen-bond donors (Lipinski definition) is 2. The first kappa shape index (κ1) is 30.7. The van der Waals surface area contributed by atoms with Gasteiger partial charge in [0.05, 0.1) is 10.7 Å². The first-order valence-electron chi connectivity index (χ1n) is 12.6. The van der Waals surface area contributed by atoms with Crippen LogP contribution in [0.3, 0.4) is 0 Å². The third-order valence-corrected chi connectivity index (χ3v) is 6.14. The molecule has 7 nitrogen and oxygen atoms in total. The predicted molar refractivity (Wildman–Crippen MR) is 152 cm³/mol. The number of halogens is 1. The number of carbonyl (C=O) groups is 3. The van der Waals surface area contributed by atoms with Crippen molar-refractivity contribution in [3.05, 3.63) is 64.2 Å². The van der Waals surface area contributed by atoms with E-state index in [1.807, 2.05) is 40.7 Å². The van der Waals surface area contributed by atoms with Crippen LogP contribution in [0.1, 0.15) is 71.2 Å². The number of amides is 3. The van der Waals surface area contributed by atoms with Crippen molar-refractivity contribution in [3.63, 3.8) is 0 Å². The maximum atomic E-state index is 14.1. The molecule has 204 valence electrons. The largest absolute Gasteiger partial charge is 0.444 e. The average molecular weight is 540 g/mol. The van der Waals surface area contributed by atoms with Gasteiger partial charge in [-0.05, 0) is 70.7 Å². The smallest absolute Gasteiger partial charge is 0.408 e. The minimum absolute atomic E-state index is 0.298. The number of carbonyl (C=O) groups excluding carboxylic acids is 3. The van der Waals surface area contributed by atoms with Crippen molar-refractivity contribution in [3.8, 4) is 12.3 Å². The molecule has 38 heavy (non-hydrogen) atoms. The monoisotopic (exact) mass is 539 g/mol. The van der Waals surface area contributed by atoms with Crippen molar-refractivity contribution in [1.82, 2.24) is 10.2 Å². The molecule has 0 heterocycles. The summed E-state index contributed by atoms with van der Waals surface area (Å²) in [5.74, 6) is 1.41. The molecule has 0 aromatic heterocycles. The molecule has 2 unspecified atom stereocenters. The molecule has 0 saturated heterocycles. The van der Waals surface area contributed by atoms with Gasteiger partial charge in [0.15, 0.2) is 0 Å². The highest BCUT2D eigenvalue weighted by Gasteiger charge is 2.39. The molecule has 3 amide bonds. The van der Waals surface area contributed by atoms with Gasteiger partial charge in [-0.3, -0.25) is 9.59 Å². The molecule has 0 aliphatic rings. The fourth-order valence-electron chi connectivity index (χ4n) is 4.05. The van der Waals surface area contributed by atoms with E-state index < -0.39 is 41.6 Å². The Morgan fingerprint density at radius 3 is 2.18 bits per heavy atom. The molecule has 2 aromatic rings. The van der Waals surface area contributed by atoms with Crippen LogP contribution < -0.4 is 10.6 Å². The number of alkyl carbamates (subject to hydrolysis) is 1. The summed E-state index contributed by atoms with van der Waals surface area (Å²) in [5, 5.41) is 5.99. The van der Waals surface area contributed by atoms with Crippen LogP contribution in [0.4, 0.5) is 10.5 Å². The SMILES string of the molecule is C#Cc1ccccc1C(C(=O)Nc1c(C)cccc1Cl)N(C(=O)C(NC(=O)OC(C)(C)C)C(C)C)C(C)C. The van der Waals surface area contributed by atoms with Crippen molar-refractivity contribution in [1.29, 1.82) is 0 Å². The van der Waals surface area contributed by atoms with Crippen LogP contribution in [0.2, 0.25) is 5.02 Å². The third kappa shape index (κ3) is 7.75. The first-order valence-corrected chi connectivity index (χ1v) is 13.0. The Hall–Kier alpha value is -3.50. The van der Waals surface area contributed by atoms with Gasteiger partial charge in [-0.25, -0.2) is 4.79 Å². The van der Waals surface area contributed by atoms with Gasteiger partial charge in [0.25, 0.3) is 5.91 Å². The average Bonchev–Trinajstić information content (AvgIpc) is 2.81. The van der Waals surface area contributed by atoms with Crippen LogP contribution in [0.15, 0.2) is 42.5 Å². The molecule has 0 radical (unpaired) electrons. The van der Waals surface area contributed by atoms with E-state index in [9.17, 15) is 14.4 Å². The Morgan fingerprint density at radius 1 is 1.03 bits per heavy atom. The van der Waals surface area contributed by atoms with Crippen molar-refractivity contribution in [2.45, 2.75) is 79.1 Å². The molecule has 0 aliphatic carbocycles. The highest BCUT2D eigenvalue weighted by molar-refractivity contribution is 6.34. The number of benzene rings is 2. The summed E-state index contributed by atoms with van der Waals surface area (Å²) >= 11 is 6.40. The van der Waals surface area contributed by atoms with E-state index >= 15 is 0 Å². The Morgan fingerprint density at radius 2 is 1.66 bits per heavy atom. The lowest BCUT2D eigenvalue weighted by molar-refractivity contribution is -0.143. The maximum absolute atomic E-state index is 14.1. The number of terminal acetylenes is 1. The van der Waals surface area contributed by atoms with E-state index in [1.54, 1.807) is 57.2 Å². The minimum Gasteiger partial charge on any atom is -0.444 e. The Kier molecular flexibility index (Phi) is 10.4. The summed E-state index contributed by atoms with van der Waals surface area (Å²) in [6.45, 7) is 14.3. The molecule has 2 atom stereocenters. The lowest BCUT2D eigenvalue weighted by Crippen LogP contribution is -2.56. The third-order valence-electron chi connectivity index (χ3n) is 5.82. The molecule has 0 saturated carbocycles. The zero-order valence-electron chi connectivity index (χ0n) is 23.4. The molecular weight excluding hydrogens is 502 g/mol. The van der Waals surface area contributed by atoms with E-state index in [2.05, 4.69) is 16.6 Å². The lowest BCUT2D eigenvalue weighted by atomic mass is 9.94. The molecule has 8 heteroatoms. The summed E-state index contributed by atoms with van der Waals surface area (Å²) in [6.07, 6.45) is 5.08. The Balaban J connectivity index is 2.62. The van der Waals surface area contributed by atoms with Crippen molar-refractivity contribution in [2.24, 2.45) is 5.92 Å². The van der Waals surface area contributed by atoms with Crippen LogP contribution in [0.5, 0.6) is 0 Å². The number of anilines is 1. The fraction of sp³-hybridized carbons (Fsp3) is 0.433. The highest BCUT2D eigenvalue weighted by Crippen LogP contribution is 2.32. The lowest BCUT2D eigenvalue weighted by Gasteiger charge is -2.38. The summed E-state index contributed by atoms with van der Waals surface area (Å²) in [4.78, 5) is 42.2. The van der Waals surface area contributed by atoms with Gasteiger partial charge in [0.1, 0.15) is 17.7 Å².